The Morgan fingerprint density at radius 1 is 1.25 bits per heavy atom. The number of hydrogen-bond acceptors (Lipinski definition) is 7. The van der Waals surface area contributed by atoms with Crippen molar-refractivity contribution in [1.82, 2.24) is 20.1 Å². The topological polar surface area (TPSA) is 75.0 Å². The molecular weight excluding hydrogens is 412 g/mol. The van der Waals surface area contributed by atoms with Crippen LogP contribution in [-0.2, 0) is 11.2 Å². The smallest absolute Gasteiger partial charge is 0.277 e. The number of nitrogens with zero attached hydrogens (tertiary/aromatic N) is 3. The van der Waals surface area contributed by atoms with Crippen molar-refractivity contribution in [2.75, 3.05) is 12.3 Å². The Morgan fingerprint density at radius 2 is 2.21 bits per heavy atom. The number of nitrogens with one attached hydrogen (secondary N) is 1. The van der Waals surface area contributed by atoms with Crippen LogP contribution in [0.25, 0.3) is 11.6 Å². The largest absolute Gasteiger partial charge is 0.410 e. The van der Waals surface area contributed by atoms with Gasteiger partial charge in [-0.15, -0.1) is 32.9 Å². The number of aromatic nitrogens is 3. The average Bonchev–Trinajstić information content (AvgIpc) is 3.50. The van der Waals surface area contributed by atoms with E-state index in [0.29, 0.717) is 11.1 Å². The summed E-state index contributed by atoms with van der Waals surface area (Å²) in [6, 6.07) is 10.0. The van der Waals surface area contributed by atoms with Crippen LogP contribution < -0.4 is 0 Å². The van der Waals surface area contributed by atoms with Crippen molar-refractivity contribution in [1.29, 1.82) is 0 Å². The summed E-state index contributed by atoms with van der Waals surface area (Å²) in [5, 5.41) is 12.7. The lowest BCUT2D eigenvalue weighted by Crippen LogP contribution is -2.40. The highest BCUT2D eigenvalue weighted by molar-refractivity contribution is 7.99. The Labute approximate surface area is 173 Å². The molecular formula is C19H16N4O2S3. The molecule has 0 fully saturated rings. The van der Waals surface area contributed by atoms with E-state index in [0.717, 1.165) is 18.7 Å². The molecule has 5 rings (SSSR count). The number of hydrogen-bond donors (Lipinski definition) is 1. The zero-order chi connectivity index (χ0) is 18.9. The molecule has 4 aromatic rings. The molecule has 6 nitrogen and oxygen atoms in total. The average molecular weight is 429 g/mol. The van der Waals surface area contributed by atoms with Crippen molar-refractivity contribution in [3.05, 3.63) is 62.6 Å². The number of carbonyl (C=O) groups is 1. The van der Waals surface area contributed by atoms with E-state index in [1.807, 2.05) is 23.1 Å². The summed E-state index contributed by atoms with van der Waals surface area (Å²) in [5.41, 5.74) is 2.02. The van der Waals surface area contributed by atoms with E-state index in [2.05, 4.69) is 38.1 Å². The summed E-state index contributed by atoms with van der Waals surface area (Å²) in [6.45, 7) is 0.729. The van der Waals surface area contributed by atoms with Crippen LogP contribution in [-0.4, -0.2) is 38.3 Å². The molecule has 0 bridgehead atoms. The fourth-order valence-corrected chi connectivity index (χ4v) is 5.79. The Kier molecular flexibility index (Phi) is 4.79. The van der Waals surface area contributed by atoms with E-state index in [1.165, 1.54) is 27.1 Å². The number of carbonyl (C=O) groups excluding carboxylic acids is 1. The first-order valence-electron chi connectivity index (χ1n) is 8.79. The quantitative estimate of drug-likeness (QED) is 0.475. The van der Waals surface area contributed by atoms with Crippen molar-refractivity contribution >= 4 is 40.3 Å². The molecule has 5 heterocycles. The summed E-state index contributed by atoms with van der Waals surface area (Å²) >= 11 is 4.75. The Morgan fingerprint density at radius 3 is 3.04 bits per heavy atom. The molecule has 9 heteroatoms. The predicted molar refractivity (Wildman–Crippen MR) is 111 cm³/mol. The van der Waals surface area contributed by atoms with Gasteiger partial charge in [0.2, 0.25) is 5.91 Å². The van der Waals surface area contributed by atoms with Gasteiger partial charge in [0.25, 0.3) is 11.1 Å². The van der Waals surface area contributed by atoms with Gasteiger partial charge in [-0.25, -0.2) is 0 Å². The van der Waals surface area contributed by atoms with Gasteiger partial charge in [-0.1, -0.05) is 17.8 Å². The number of thiophene rings is 2. The first kappa shape index (κ1) is 17.7. The van der Waals surface area contributed by atoms with Gasteiger partial charge in [0.15, 0.2) is 0 Å². The molecule has 0 radical (unpaired) electrons. The number of amides is 1. The molecule has 0 spiro atoms. The molecule has 1 atom stereocenters. The fraction of sp³-hybridized carbons (Fsp3) is 0.211. The van der Waals surface area contributed by atoms with Gasteiger partial charge >= 0.3 is 0 Å². The lowest BCUT2D eigenvalue weighted by molar-refractivity contribution is -0.130. The van der Waals surface area contributed by atoms with Crippen LogP contribution in [0.5, 0.6) is 0 Å². The van der Waals surface area contributed by atoms with Crippen LogP contribution in [0.1, 0.15) is 21.4 Å². The van der Waals surface area contributed by atoms with Crippen LogP contribution in [0.2, 0.25) is 0 Å². The summed E-state index contributed by atoms with van der Waals surface area (Å²) in [4.78, 5) is 20.7. The molecule has 0 saturated carbocycles. The molecule has 1 aliphatic heterocycles. The lowest BCUT2D eigenvalue weighted by Gasteiger charge is -2.35. The monoisotopic (exact) mass is 428 g/mol. The van der Waals surface area contributed by atoms with Crippen molar-refractivity contribution in [2.45, 2.75) is 17.7 Å². The molecule has 0 aliphatic carbocycles. The molecule has 1 aliphatic rings. The highest BCUT2D eigenvalue weighted by Gasteiger charge is 2.33. The standard InChI is InChI=1S/C19H16N4O2S3/c24-16(11-28-19-22-21-18(25-19)13-3-1-7-20-13)23-8-5-14-12(6-10-27-14)17(23)15-4-2-9-26-15/h1-4,6-7,9-10,17,20H,5,8,11H2/t17-/m0/s1. The van der Waals surface area contributed by atoms with Crippen LogP contribution in [0.3, 0.4) is 0 Å². The van der Waals surface area contributed by atoms with Gasteiger partial charge in [0.1, 0.15) is 5.69 Å². The second kappa shape index (κ2) is 7.57. The minimum atomic E-state index is 0.000245. The van der Waals surface area contributed by atoms with Gasteiger partial charge in [-0.05, 0) is 47.0 Å². The van der Waals surface area contributed by atoms with Gasteiger partial charge in [0.05, 0.1) is 11.8 Å². The van der Waals surface area contributed by atoms with E-state index in [-0.39, 0.29) is 17.7 Å². The molecule has 142 valence electrons. The molecule has 0 unspecified atom stereocenters. The van der Waals surface area contributed by atoms with Gasteiger partial charge < -0.3 is 14.3 Å². The lowest BCUT2D eigenvalue weighted by atomic mass is 9.98. The maximum atomic E-state index is 13.1. The first-order valence-corrected chi connectivity index (χ1v) is 11.5. The van der Waals surface area contributed by atoms with Crippen molar-refractivity contribution < 1.29 is 9.21 Å². The molecule has 1 amide bonds. The van der Waals surface area contributed by atoms with Gasteiger partial charge in [-0.2, -0.15) is 0 Å². The Balaban J connectivity index is 1.32. The number of thioether (sulfide) groups is 1. The van der Waals surface area contributed by atoms with Gasteiger partial charge in [0, 0.05) is 22.5 Å². The van der Waals surface area contributed by atoms with Crippen molar-refractivity contribution in [2.24, 2.45) is 0 Å². The van der Waals surface area contributed by atoms with E-state index in [4.69, 9.17) is 4.42 Å². The van der Waals surface area contributed by atoms with E-state index in [9.17, 15) is 4.79 Å². The third-order valence-electron chi connectivity index (χ3n) is 4.65. The number of rotatable bonds is 5. The number of fused-ring (bicyclic) bond motifs is 1. The highest BCUT2D eigenvalue weighted by atomic mass is 32.2. The molecule has 1 N–H and O–H groups in total. The Bertz CT molecular complexity index is 1070. The molecule has 0 aromatic carbocycles. The third-order valence-corrected chi connectivity index (χ3v) is 7.38. The SMILES string of the molecule is O=C(CSc1nnc(-c2ccc[nH]2)o1)N1CCc2sccc2[C@H]1c1cccs1. The number of H-pyrrole nitrogens is 1. The maximum absolute atomic E-state index is 13.1. The van der Waals surface area contributed by atoms with Crippen LogP contribution >= 0.6 is 34.4 Å². The minimum absolute atomic E-state index is 0.000245. The summed E-state index contributed by atoms with van der Waals surface area (Å²) in [7, 11) is 0. The molecule has 28 heavy (non-hydrogen) atoms. The zero-order valence-electron chi connectivity index (χ0n) is 14.7. The second-order valence-electron chi connectivity index (χ2n) is 6.30. The summed E-state index contributed by atoms with van der Waals surface area (Å²) in [6.07, 6.45) is 2.71. The van der Waals surface area contributed by atoms with Crippen molar-refractivity contribution in [3.8, 4) is 11.6 Å². The molecule has 0 saturated heterocycles. The number of aromatic amines is 1. The van der Waals surface area contributed by atoms with Crippen molar-refractivity contribution in [3.63, 3.8) is 0 Å². The predicted octanol–water partition coefficient (Wildman–Crippen LogP) is 4.45. The van der Waals surface area contributed by atoms with Crippen LogP contribution in [0.4, 0.5) is 0 Å². The normalized spacial score (nSPS) is 16.3. The van der Waals surface area contributed by atoms with E-state index >= 15 is 0 Å². The minimum Gasteiger partial charge on any atom is -0.410 e. The maximum Gasteiger partial charge on any atom is 0.277 e. The van der Waals surface area contributed by atoms with Crippen LogP contribution in [0.15, 0.2) is 56.9 Å². The fourth-order valence-electron chi connectivity index (χ4n) is 3.39. The highest BCUT2D eigenvalue weighted by Crippen LogP contribution is 2.39. The third kappa shape index (κ3) is 3.30. The summed E-state index contributed by atoms with van der Waals surface area (Å²) in [5.74, 6) is 0.783. The second-order valence-corrected chi connectivity index (χ2v) is 9.21. The van der Waals surface area contributed by atoms with Gasteiger partial charge in [-0.3, -0.25) is 4.79 Å². The Hall–Kier alpha value is -2.36. The molecule has 4 aromatic heterocycles. The van der Waals surface area contributed by atoms with Crippen LogP contribution in [0, 0.1) is 0 Å². The van der Waals surface area contributed by atoms with E-state index < -0.39 is 0 Å². The zero-order valence-corrected chi connectivity index (χ0v) is 17.1. The van der Waals surface area contributed by atoms with E-state index in [1.54, 1.807) is 28.9 Å². The first-order chi connectivity index (χ1) is 13.8. The summed E-state index contributed by atoms with van der Waals surface area (Å²) < 4.78 is 5.65.